The normalized spacial score (nSPS) is 18.4. The summed E-state index contributed by atoms with van der Waals surface area (Å²) in [5.74, 6) is -0.404. The predicted molar refractivity (Wildman–Crippen MR) is 73.2 cm³/mol. The number of aliphatic hydroxyl groups excluding tert-OH is 1. The number of anilines is 1. The Bertz CT molecular complexity index is 629. The molecule has 0 bridgehead atoms. The second-order valence-corrected chi connectivity index (χ2v) is 5.26. The fourth-order valence-electron chi connectivity index (χ4n) is 2.09. The molecule has 1 radical (unpaired) electrons. The molecule has 0 unspecified atom stereocenters. The molecule has 2 heterocycles. The Morgan fingerprint density at radius 3 is 2.95 bits per heavy atom. The van der Waals surface area contributed by atoms with Gasteiger partial charge in [0.05, 0.1) is 18.8 Å². The second-order valence-electron chi connectivity index (χ2n) is 4.38. The number of carbonyl (C=O) groups is 1. The molecule has 1 atom stereocenters. The van der Waals surface area contributed by atoms with Crippen molar-refractivity contribution in [2.24, 2.45) is 0 Å². The highest BCUT2D eigenvalue weighted by atomic mass is 32.1. The van der Waals surface area contributed by atoms with Gasteiger partial charge in [-0.2, -0.15) is 0 Å². The molecule has 1 fully saturated rings. The Balaban J connectivity index is 1.89. The molecule has 2 aromatic rings. The maximum atomic E-state index is 14.1. The van der Waals surface area contributed by atoms with Gasteiger partial charge in [-0.05, 0) is 30.3 Å². The van der Waals surface area contributed by atoms with Crippen molar-refractivity contribution in [3.63, 3.8) is 0 Å². The van der Waals surface area contributed by atoms with E-state index in [4.69, 9.17) is 9.84 Å². The summed E-state index contributed by atoms with van der Waals surface area (Å²) in [6.07, 6.45) is -1.13. The molecule has 1 aliphatic rings. The van der Waals surface area contributed by atoms with Crippen LogP contribution in [0.1, 0.15) is 0 Å². The first-order valence-electron chi connectivity index (χ1n) is 6.04. The van der Waals surface area contributed by atoms with Crippen molar-refractivity contribution in [2.75, 3.05) is 18.1 Å². The molecular formula is C14H11FNO3S. The minimum Gasteiger partial charge on any atom is -0.441 e. The molecule has 1 aromatic carbocycles. The van der Waals surface area contributed by atoms with Gasteiger partial charge in [0.2, 0.25) is 0 Å². The van der Waals surface area contributed by atoms with Crippen LogP contribution in [-0.2, 0) is 4.74 Å². The number of carbonyl (C=O) groups excluding carboxylic acids is 1. The number of thiophene rings is 1. The molecule has 6 heteroatoms. The molecule has 4 nitrogen and oxygen atoms in total. The summed E-state index contributed by atoms with van der Waals surface area (Å²) in [6.45, 7) is -0.0191. The highest BCUT2D eigenvalue weighted by molar-refractivity contribution is 7.13. The number of rotatable bonds is 3. The van der Waals surface area contributed by atoms with Crippen molar-refractivity contribution < 1.29 is 19.0 Å². The van der Waals surface area contributed by atoms with Crippen molar-refractivity contribution in [1.82, 2.24) is 0 Å². The highest BCUT2D eigenvalue weighted by Crippen LogP contribution is 2.31. The van der Waals surface area contributed by atoms with Gasteiger partial charge in [0.25, 0.3) is 0 Å². The summed E-state index contributed by atoms with van der Waals surface area (Å²) in [4.78, 5) is 13.7. The lowest BCUT2D eigenvalue weighted by molar-refractivity contribution is 0.0963. The van der Waals surface area contributed by atoms with Gasteiger partial charge in [-0.15, -0.1) is 11.3 Å². The van der Waals surface area contributed by atoms with E-state index in [0.717, 1.165) is 4.88 Å². The lowest BCUT2D eigenvalue weighted by Crippen LogP contribution is -2.25. The van der Waals surface area contributed by atoms with E-state index in [-0.39, 0.29) is 13.2 Å². The zero-order valence-corrected chi connectivity index (χ0v) is 11.2. The third-order valence-electron chi connectivity index (χ3n) is 3.08. The number of cyclic esters (lactones) is 1. The number of hydrogen-bond acceptors (Lipinski definition) is 4. The molecule has 1 saturated heterocycles. The van der Waals surface area contributed by atoms with Crippen LogP contribution in [-0.4, -0.2) is 30.5 Å². The fraction of sp³-hybridized carbons (Fsp3) is 0.214. The quantitative estimate of drug-likeness (QED) is 0.946. The number of benzene rings is 1. The second kappa shape index (κ2) is 5.22. The average molecular weight is 292 g/mol. The number of nitrogens with zero attached hydrogens (tertiary/aromatic N) is 1. The van der Waals surface area contributed by atoms with Crippen LogP contribution in [0.3, 0.4) is 0 Å². The van der Waals surface area contributed by atoms with Crippen LogP contribution in [0.4, 0.5) is 14.9 Å². The summed E-state index contributed by atoms with van der Waals surface area (Å²) < 4.78 is 19.1. The average Bonchev–Trinajstić information content (AvgIpc) is 3.07. The maximum absolute atomic E-state index is 14.1. The van der Waals surface area contributed by atoms with E-state index in [2.05, 4.69) is 5.38 Å². The Morgan fingerprint density at radius 2 is 2.35 bits per heavy atom. The van der Waals surface area contributed by atoms with Crippen LogP contribution in [0.5, 0.6) is 0 Å². The molecule has 0 spiro atoms. The van der Waals surface area contributed by atoms with E-state index < -0.39 is 18.0 Å². The zero-order chi connectivity index (χ0) is 14.1. The minimum atomic E-state index is -0.569. The van der Waals surface area contributed by atoms with Crippen molar-refractivity contribution in [3.8, 4) is 10.4 Å². The van der Waals surface area contributed by atoms with Crippen LogP contribution < -0.4 is 4.90 Å². The van der Waals surface area contributed by atoms with Crippen molar-refractivity contribution in [3.05, 3.63) is 41.5 Å². The fourth-order valence-corrected chi connectivity index (χ4v) is 2.76. The smallest absolute Gasteiger partial charge is 0.414 e. The van der Waals surface area contributed by atoms with Gasteiger partial charge >= 0.3 is 6.09 Å². The molecule has 1 aliphatic heterocycles. The number of aliphatic hydroxyl groups is 1. The Labute approximate surface area is 119 Å². The Kier molecular flexibility index (Phi) is 3.42. The molecular weight excluding hydrogens is 281 g/mol. The lowest BCUT2D eigenvalue weighted by Gasteiger charge is -2.13. The van der Waals surface area contributed by atoms with E-state index >= 15 is 0 Å². The minimum absolute atomic E-state index is 0.223. The predicted octanol–water partition coefficient (Wildman–Crippen LogP) is 2.67. The zero-order valence-electron chi connectivity index (χ0n) is 10.4. The van der Waals surface area contributed by atoms with Gasteiger partial charge in [-0.1, -0.05) is 0 Å². The lowest BCUT2D eigenvalue weighted by atomic mass is 10.1. The van der Waals surface area contributed by atoms with Gasteiger partial charge < -0.3 is 9.84 Å². The number of hydrogen-bond donors (Lipinski definition) is 1. The van der Waals surface area contributed by atoms with Crippen molar-refractivity contribution >= 4 is 23.1 Å². The van der Waals surface area contributed by atoms with Crippen molar-refractivity contribution in [1.29, 1.82) is 0 Å². The SMILES string of the molecule is O=C1O[C@@H](CO)CN1c1ccc(-c2cc[c]s2)c(F)c1. The first-order chi connectivity index (χ1) is 9.69. The van der Waals surface area contributed by atoms with E-state index in [1.54, 1.807) is 24.3 Å². The van der Waals surface area contributed by atoms with Gasteiger partial charge in [0, 0.05) is 15.8 Å². The number of amides is 1. The monoisotopic (exact) mass is 292 g/mol. The third kappa shape index (κ3) is 2.28. The summed E-state index contributed by atoms with van der Waals surface area (Å²) >= 11 is 1.33. The molecule has 20 heavy (non-hydrogen) atoms. The first-order valence-corrected chi connectivity index (χ1v) is 6.85. The summed E-state index contributed by atoms with van der Waals surface area (Å²) in [5, 5.41) is 11.9. The Morgan fingerprint density at radius 1 is 1.50 bits per heavy atom. The largest absolute Gasteiger partial charge is 0.441 e. The standard InChI is InChI=1S/C14H11FNO3S/c15-12-6-9(16-7-10(8-17)19-14(16)18)3-4-11(12)13-2-1-5-20-13/h1-4,6,10,17H,7-8H2/t10-/m1/s1. The van der Waals surface area contributed by atoms with E-state index in [1.165, 1.54) is 22.3 Å². The summed E-state index contributed by atoms with van der Waals surface area (Å²) in [7, 11) is 0. The maximum Gasteiger partial charge on any atom is 0.414 e. The van der Waals surface area contributed by atoms with Gasteiger partial charge in [0.15, 0.2) is 0 Å². The summed E-state index contributed by atoms with van der Waals surface area (Å²) in [5.41, 5.74) is 0.902. The molecule has 0 aliphatic carbocycles. The number of halogens is 1. The summed E-state index contributed by atoms with van der Waals surface area (Å²) in [6, 6.07) is 8.12. The van der Waals surface area contributed by atoms with Gasteiger partial charge in [-0.25, -0.2) is 9.18 Å². The highest BCUT2D eigenvalue weighted by Gasteiger charge is 2.32. The van der Waals surface area contributed by atoms with Crippen LogP contribution in [0.15, 0.2) is 30.3 Å². The Hall–Kier alpha value is -1.92. The molecule has 1 N–H and O–H groups in total. The third-order valence-corrected chi connectivity index (χ3v) is 3.91. The van der Waals surface area contributed by atoms with E-state index in [1.807, 2.05) is 0 Å². The van der Waals surface area contributed by atoms with Crippen LogP contribution in [0.2, 0.25) is 0 Å². The molecule has 1 amide bonds. The molecule has 103 valence electrons. The molecule has 0 saturated carbocycles. The first kappa shape index (κ1) is 13.1. The van der Waals surface area contributed by atoms with Crippen LogP contribution >= 0.6 is 11.3 Å². The molecule has 1 aromatic heterocycles. The topological polar surface area (TPSA) is 49.8 Å². The van der Waals surface area contributed by atoms with E-state index in [0.29, 0.717) is 11.3 Å². The van der Waals surface area contributed by atoms with Gasteiger partial charge in [0.1, 0.15) is 11.9 Å². The van der Waals surface area contributed by atoms with Crippen LogP contribution in [0, 0.1) is 11.2 Å². The molecule has 3 rings (SSSR count). The van der Waals surface area contributed by atoms with Crippen molar-refractivity contribution in [2.45, 2.75) is 6.10 Å². The van der Waals surface area contributed by atoms with E-state index in [9.17, 15) is 9.18 Å². The number of ether oxygens (including phenoxy) is 1. The van der Waals surface area contributed by atoms with Crippen LogP contribution in [0.25, 0.3) is 10.4 Å². The van der Waals surface area contributed by atoms with Gasteiger partial charge in [-0.3, -0.25) is 4.90 Å².